The lowest BCUT2D eigenvalue weighted by Gasteiger charge is -2.13. The Hall–Kier alpha value is -1.75. The second kappa shape index (κ2) is 9.23. The van der Waals surface area contributed by atoms with Gasteiger partial charge in [0.15, 0.2) is 0 Å². The number of hydrogen-bond acceptors (Lipinski definition) is 4. The number of ether oxygens (including phenoxy) is 1. The molecule has 0 aliphatic rings. The Labute approximate surface area is 127 Å². The second-order valence-corrected chi connectivity index (χ2v) is 5.25. The molecule has 5 nitrogen and oxygen atoms in total. The Balaban J connectivity index is 2.38. The first-order chi connectivity index (χ1) is 10.1. The highest BCUT2D eigenvalue weighted by Gasteiger charge is 2.09. The van der Waals surface area contributed by atoms with E-state index in [2.05, 4.69) is 12.2 Å². The molecule has 0 saturated carbocycles. The molecular formula is C16H27N3O2. The average molecular weight is 293 g/mol. The monoisotopic (exact) mass is 293 g/mol. The van der Waals surface area contributed by atoms with Gasteiger partial charge in [-0.1, -0.05) is 13.3 Å². The van der Waals surface area contributed by atoms with Crippen molar-refractivity contribution in [3.8, 4) is 0 Å². The topological polar surface area (TPSA) is 67.6 Å². The Morgan fingerprint density at radius 2 is 2.00 bits per heavy atom. The molecule has 21 heavy (non-hydrogen) atoms. The first-order valence-corrected chi connectivity index (χ1v) is 7.49. The van der Waals surface area contributed by atoms with Crippen LogP contribution in [0.1, 0.15) is 36.5 Å². The van der Waals surface area contributed by atoms with Crippen LogP contribution in [-0.4, -0.2) is 44.7 Å². The van der Waals surface area contributed by atoms with Crippen LogP contribution in [0.4, 0.5) is 11.4 Å². The standard InChI is InChI=1S/C16H27N3O2/c1-4-5-10-21-11-6-9-18-15-8-7-13(12-14(15)17)16(20)19(2)3/h7-8,12,18H,4-6,9-11,17H2,1-3H3. The number of carbonyl (C=O) groups excluding carboxylic acids is 1. The maximum atomic E-state index is 11.8. The molecule has 0 bridgehead atoms. The van der Waals surface area contributed by atoms with Crippen molar-refractivity contribution < 1.29 is 9.53 Å². The highest BCUT2D eigenvalue weighted by molar-refractivity contribution is 5.95. The molecule has 0 atom stereocenters. The molecule has 0 aliphatic carbocycles. The van der Waals surface area contributed by atoms with Gasteiger partial charge in [0.2, 0.25) is 0 Å². The molecule has 118 valence electrons. The number of nitrogen functional groups attached to an aromatic ring is 1. The zero-order valence-electron chi connectivity index (χ0n) is 13.3. The highest BCUT2D eigenvalue weighted by atomic mass is 16.5. The molecule has 0 heterocycles. The average Bonchev–Trinajstić information content (AvgIpc) is 2.46. The van der Waals surface area contributed by atoms with Crippen LogP contribution in [0.2, 0.25) is 0 Å². The van der Waals surface area contributed by atoms with Gasteiger partial charge in [-0.25, -0.2) is 0 Å². The Morgan fingerprint density at radius 3 is 2.62 bits per heavy atom. The van der Waals surface area contributed by atoms with E-state index in [1.165, 1.54) is 4.90 Å². The maximum Gasteiger partial charge on any atom is 0.253 e. The molecule has 0 aliphatic heterocycles. The Kier molecular flexibility index (Phi) is 7.61. The molecule has 0 unspecified atom stereocenters. The number of rotatable bonds is 9. The molecule has 5 heteroatoms. The fourth-order valence-corrected chi connectivity index (χ4v) is 1.86. The van der Waals surface area contributed by atoms with Crippen LogP contribution in [-0.2, 0) is 4.74 Å². The van der Waals surface area contributed by atoms with E-state index >= 15 is 0 Å². The van der Waals surface area contributed by atoms with Crippen LogP contribution >= 0.6 is 0 Å². The van der Waals surface area contributed by atoms with Gasteiger partial charge in [0.1, 0.15) is 0 Å². The van der Waals surface area contributed by atoms with Crippen molar-refractivity contribution >= 4 is 17.3 Å². The molecule has 3 N–H and O–H groups in total. The number of hydrogen-bond donors (Lipinski definition) is 2. The third-order valence-corrected chi connectivity index (χ3v) is 3.13. The van der Waals surface area contributed by atoms with Crippen molar-refractivity contribution in [1.29, 1.82) is 0 Å². The molecule has 0 radical (unpaired) electrons. The SMILES string of the molecule is CCCCOCCCNc1ccc(C(=O)N(C)C)cc1N. The van der Waals surface area contributed by atoms with Gasteiger partial charge in [-0.15, -0.1) is 0 Å². The number of nitrogens with one attached hydrogen (secondary N) is 1. The van der Waals surface area contributed by atoms with E-state index in [4.69, 9.17) is 10.5 Å². The van der Waals surface area contributed by atoms with Crippen molar-refractivity contribution in [3.63, 3.8) is 0 Å². The van der Waals surface area contributed by atoms with Crippen LogP contribution in [0, 0.1) is 0 Å². The number of amides is 1. The lowest BCUT2D eigenvalue weighted by molar-refractivity contribution is 0.0827. The summed E-state index contributed by atoms with van der Waals surface area (Å²) in [7, 11) is 3.45. The van der Waals surface area contributed by atoms with Gasteiger partial charge in [0.05, 0.1) is 11.4 Å². The van der Waals surface area contributed by atoms with Gasteiger partial charge in [-0.3, -0.25) is 4.79 Å². The quantitative estimate of drug-likeness (QED) is 0.542. The number of benzene rings is 1. The van der Waals surface area contributed by atoms with E-state index in [0.29, 0.717) is 11.3 Å². The van der Waals surface area contributed by atoms with Gasteiger partial charge in [-0.2, -0.15) is 0 Å². The van der Waals surface area contributed by atoms with Crippen molar-refractivity contribution in [3.05, 3.63) is 23.8 Å². The lowest BCUT2D eigenvalue weighted by Crippen LogP contribution is -2.21. The summed E-state index contributed by atoms with van der Waals surface area (Å²) in [4.78, 5) is 13.4. The molecule has 1 aromatic carbocycles. The smallest absolute Gasteiger partial charge is 0.253 e. The van der Waals surface area contributed by atoms with Crippen LogP contribution in [0.15, 0.2) is 18.2 Å². The third-order valence-electron chi connectivity index (χ3n) is 3.13. The van der Waals surface area contributed by atoms with Crippen molar-refractivity contribution in [1.82, 2.24) is 4.90 Å². The summed E-state index contributed by atoms with van der Waals surface area (Å²) < 4.78 is 5.50. The second-order valence-electron chi connectivity index (χ2n) is 5.25. The van der Waals surface area contributed by atoms with Gasteiger partial charge in [-0.05, 0) is 31.0 Å². The summed E-state index contributed by atoms with van der Waals surface area (Å²) >= 11 is 0. The first kappa shape index (κ1) is 17.3. The van der Waals surface area contributed by atoms with Crippen LogP contribution in [0.3, 0.4) is 0 Å². The van der Waals surface area contributed by atoms with E-state index in [-0.39, 0.29) is 5.91 Å². The van der Waals surface area contributed by atoms with Crippen LogP contribution in [0.5, 0.6) is 0 Å². The zero-order chi connectivity index (χ0) is 15.7. The summed E-state index contributed by atoms with van der Waals surface area (Å²) in [6, 6.07) is 5.35. The first-order valence-electron chi connectivity index (χ1n) is 7.49. The van der Waals surface area contributed by atoms with E-state index < -0.39 is 0 Å². The normalized spacial score (nSPS) is 10.4. The molecule has 0 aromatic heterocycles. The summed E-state index contributed by atoms with van der Waals surface area (Å²) in [6.07, 6.45) is 3.20. The summed E-state index contributed by atoms with van der Waals surface area (Å²) in [6.45, 7) is 4.54. The van der Waals surface area contributed by atoms with E-state index in [1.54, 1.807) is 26.2 Å². The van der Waals surface area contributed by atoms with E-state index in [0.717, 1.165) is 44.7 Å². The number of nitrogens with zero attached hydrogens (tertiary/aromatic N) is 1. The molecule has 0 fully saturated rings. The van der Waals surface area contributed by atoms with Crippen molar-refractivity contribution in [2.24, 2.45) is 0 Å². The largest absolute Gasteiger partial charge is 0.397 e. The Bertz CT molecular complexity index is 447. The predicted molar refractivity (Wildman–Crippen MR) is 87.7 cm³/mol. The van der Waals surface area contributed by atoms with Crippen molar-refractivity contribution in [2.45, 2.75) is 26.2 Å². The van der Waals surface area contributed by atoms with E-state index in [9.17, 15) is 4.79 Å². The van der Waals surface area contributed by atoms with Gasteiger partial charge in [0.25, 0.3) is 5.91 Å². The van der Waals surface area contributed by atoms with Crippen LogP contribution < -0.4 is 11.1 Å². The summed E-state index contributed by atoms with van der Waals surface area (Å²) in [5.74, 6) is -0.0439. The molecule has 1 rings (SSSR count). The summed E-state index contributed by atoms with van der Waals surface area (Å²) in [5.41, 5.74) is 8.03. The number of unbranched alkanes of at least 4 members (excludes halogenated alkanes) is 1. The minimum atomic E-state index is -0.0439. The third kappa shape index (κ3) is 6.04. The van der Waals surface area contributed by atoms with E-state index in [1.807, 2.05) is 6.07 Å². The molecular weight excluding hydrogens is 266 g/mol. The number of carbonyl (C=O) groups is 1. The molecule has 0 saturated heterocycles. The fraction of sp³-hybridized carbons (Fsp3) is 0.562. The highest BCUT2D eigenvalue weighted by Crippen LogP contribution is 2.20. The summed E-state index contributed by atoms with van der Waals surface area (Å²) in [5, 5.41) is 3.27. The fourth-order valence-electron chi connectivity index (χ4n) is 1.86. The van der Waals surface area contributed by atoms with Gasteiger partial charge in [0, 0.05) is 39.4 Å². The van der Waals surface area contributed by atoms with Gasteiger partial charge < -0.3 is 20.7 Å². The minimum Gasteiger partial charge on any atom is -0.397 e. The number of nitrogens with two attached hydrogens (primary N) is 1. The minimum absolute atomic E-state index is 0.0439. The van der Waals surface area contributed by atoms with Gasteiger partial charge >= 0.3 is 0 Å². The molecule has 1 amide bonds. The zero-order valence-corrected chi connectivity index (χ0v) is 13.3. The lowest BCUT2D eigenvalue weighted by atomic mass is 10.1. The molecule has 1 aromatic rings. The van der Waals surface area contributed by atoms with Crippen LogP contribution in [0.25, 0.3) is 0 Å². The maximum absolute atomic E-state index is 11.8. The Morgan fingerprint density at radius 1 is 1.29 bits per heavy atom. The van der Waals surface area contributed by atoms with Crippen molar-refractivity contribution in [2.75, 3.05) is 44.9 Å². The predicted octanol–water partition coefficient (Wildman–Crippen LogP) is 2.59. The number of anilines is 2. The molecule has 0 spiro atoms.